The molecular weight excluding hydrogens is 314 g/mol. The Labute approximate surface area is 138 Å². The van der Waals surface area contributed by atoms with E-state index in [4.69, 9.17) is 21.0 Å². The molecule has 23 heavy (non-hydrogen) atoms. The number of rotatable bonds is 6. The predicted octanol–water partition coefficient (Wildman–Crippen LogP) is 2.30. The second-order valence-electron chi connectivity index (χ2n) is 4.52. The zero-order valence-corrected chi connectivity index (χ0v) is 13.1. The topological polar surface area (TPSA) is 108 Å². The van der Waals surface area contributed by atoms with Crippen LogP contribution in [0.4, 0.5) is 5.69 Å². The van der Waals surface area contributed by atoms with Crippen molar-refractivity contribution < 1.29 is 14.6 Å². The Hall–Kier alpha value is -2.51. The van der Waals surface area contributed by atoms with Crippen molar-refractivity contribution in [1.82, 2.24) is 0 Å². The third kappa shape index (κ3) is 5.01. The Morgan fingerprint density at radius 1 is 1.22 bits per heavy atom. The number of carbonyl (C=O) groups excluding carboxylic acids is 1. The van der Waals surface area contributed by atoms with Gasteiger partial charge in [0.1, 0.15) is 5.75 Å². The highest BCUT2D eigenvalue weighted by Crippen LogP contribution is 2.23. The lowest BCUT2D eigenvalue weighted by molar-refractivity contribution is 0.0736. The number of hydrogen-bond acceptors (Lipinski definition) is 5. The summed E-state index contributed by atoms with van der Waals surface area (Å²) in [5.41, 5.74) is 6.01. The lowest BCUT2D eigenvalue weighted by atomic mass is 10.2. The number of guanidine groups is 1. The van der Waals surface area contributed by atoms with E-state index in [9.17, 15) is 4.79 Å². The third-order valence-corrected chi connectivity index (χ3v) is 3.80. The highest BCUT2D eigenvalue weighted by molar-refractivity contribution is 7.99. The summed E-state index contributed by atoms with van der Waals surface area (Å²) < 4.78 is 5.33. The molecule has 0 bridgehead atoms. The second-order valence-corrected chi connectivity index (χ2v) is 5.69. The number of ether oxygens (including phenoxy) is 1. The second kappa shape index (κ2) is 8.21. The number of anilines is 1. The molecule has 0 spiro atoms. The summed E-state index contributed by atoms with van der Waals surface area (Å²) in [6, 6.07) is 13.7. The quantitative estimate of drug-likeness (QED) is 0.213. The molecule has 0 saturated carbocycles. The number of esters is 1. The van der Waals surface area contributed by atoms with Gasteiger partial charge in [-0.15, -0.1) is 11.8 Å². The summed E-state index contributed by atoms with van der Waals surface area (Å²) in [7, 11) is 0. The molecule has 0 fully saturated rings. The van der Waals surface area contributed by atoms with E-state index in [1.807, 2.05) is 12.1 Å². The molecule has 0 heterocycles. The summed E-state index contributed by atoms with van der Waals surface area (Å²) in [6.07, 6.45) is 0. The summed E-state index contributed by atoms with van der Waals surface area (Å²) in [5.74, 6) is 0.241. The van der Waals surface area contributed by atoms with Crippen LogP contribution in [0.5, 0.6) is 5.75 Å². The Bertz CT molecular complexity index is 689. The van der Waals surface area contributed by atoms with Crippen molar-refractivity contribution in [1.29, 1.82) is 5.41 Å². The SMILES string of the molecule is N=C(N)Nc1ccccc1C(=O)Oc1ccc(SCCO)cc1. The molecule has 0 radical (unpaired) electrons. The molecule has 0 amide bonds. The van der Waals surface area contributed by atoms with Gasteiger partial charge in [0, 0.05) is 10.6 Å². The molecule has 0 atom stereocenters. The Morgan fingerprint density at radius 2 is 1.91 bits per heavy atom. The van der Waals surface area contributed by atoms with Crippen LogP contribution < -0.4 is 15.8 Å². The third-order valence-electron chi connectivity index (χ3n) is 2.81. The first kappa shape index (κ1) is 16.9. The molecule has 120 valence electrons. The summed E-state index contributed by atoms with van der Waals surface area (Å²) in [4.78, 5) is 13.2. The van der Waals surface area contributed by atoms with Gasteiger partial charge in [-0.25, -0.2) is 4.79 Å². The van der Waals surface area contributed by atoms with Crippen molar-refractivity contribution in [3.63, 3.8) is 0 Å². The lowest BCUT2D eigenvalue weighted by Gasteiger charge is -2.10. The van der Waals surface area contributed by atoms with Crippen molar-refractivity contribution in [3.8, 4) is 5.75 Å². The number of para-hydroxylation sites is 1. The number of aliphatic hydroxyl groups is 1. The summed E-state index contributed by atoms with van der Waals surface area (Å²) >= 11 is 1.52. The van der Waals surface area contributed by atoms with Gasteiger partial charge < -0.3 is 20.9 Å². The van der Waals surface area contributed by atoms with Gasteiger partial charge in [0.05, 0.1) is 17.9 Å². The van der Waals surface area contributed by atoms with Gasteiger partial charge in [-0.1, -0.05) is 12.1 Å². The molecule has 6 nitrogen and oxygen atoms in total. The molecule has 2 aromatic rings. The van der Waals surface area contributed by atoms with Gasteiger partial charge >= 0.3 is 5.97 Å². The first-order valence-electron chi connectivity index (χ1n) is 6.86. The number of benzene rings is 2. The lowest BCUT2D eigenvalue weighted by Crippen LogP contribution is -2.22. The Balaban J connectivity index is 2.08. The van der Waals surface area contributed by atoms with Crippen LogP contribution in [0.2, 0.25) is 0 Å². The summed E-state index contributed by atoms with van der Waals surface area (Å²) in [5, 5.41) is 18.7. The van der Waals surface area contributed by atoms with E-state index in [0.717, 1.165) is 4.90 Å². The maximum Gasteiger partial charge on any atom is 0.345 e. The standard InChI is InChI=1S/C16H17N3O3S/c17-16(18)19-14-4-2-1-3-13(14)15(21)22-11-5-7-12(8-6-11)23-10-9-20/h1-8,20H,9-10H2,(H4,17,18,19). The smallest absolute Gasteiger partial charge is 0.345 e. The number of nitrogens with one attached hydrogen (secondary N) is 2. The number of aliphatic hydroxyl groups excluding tert-OH is 1. The van der Waals surface area contributed by atoms with Crippen molar-refractivity contribution >= 4 is 29.4 Å². The minimum atomic E-state index is -0.537. The fraction of sp³-hybridized carbons (Fsp3) is 0.125. The number of nitrogens with two attached hydrogens (primary N) is 1. The predicted molar refractivity (Wildman–Crippen MR) is 91.2 cm³/mol. The van der Waals surface area contributed by atoms with Crippen LogP contribution in [-0.2, 0) is 0 Å². The maximum atomic E-state index is 12.3. The van der Waals surface area contributed by atoms with Crippen molar-refractivity contribution in [3.05, 3.63) is 54.1 Å². The number of carbonyl (C=O) groups is 1. The average molecular weight is 331 g/mol. The largest absolute Gasteiger partial charge is 0.423 e. The van der Waals surface area contributed by atoms with Gasteiger partial charge in [-0.05, 0) is 36.4 Å². The molecule has 0 aliphatic rings. The molecule has 5 N–H and O–H groups in total. The van der Waals surface area contributed by atoms with Crippen molar-refractivity contribution in [2.45, 2.75) is 4.90 Å². The average Bonchev–Trinajstić information content (AvgIpc) is 2.54. The van der Waals surface area contributed by atoms with E-state index in [1.54, 1.807) is 36.4 Å². The molecule has 0 aromatic heterocycles. The van der Waals surface area contributed by atoms with E-state index < -0.39 is 5.97 Å². The van der Waals surface area contributed by atoms with Crippen LogP contribution in [0.15, 0.2) is 53.4 Å². The molecular formula is C16H17N3O3S. The Kier molecular flexibility index (Phi) is 6.02. The molecule has 7 heteroatoms. The highest BCUT2D eigenvalue weighted by Gasteiger charge is 2.13. The minimum Gasteiger partial charge on any atom is -0.423 e. The van der Waals surface area contributed by atoms with E-state index in [-0.39, 0.29) is 12.6 Å². The first-order chi connectivity index (χ1) is 11.1. The fourth-order valence-corrected chi connectivity index (χ4v) is 2.50. The van der Waals surface area contributed by atoms with Crippen LogP contribution in [-0.4, -0.2) is 29.4 Å². The van der Waals surface area contributed by atoms with Gasteiger partial charge in [-0.3, -0.25) is 5.41 Å². The zero-order valence-electron chi connectivity index (χ0n) is 12.3. The Morgan fingerprint density at radius 3 is 2.57 bits per heavy atom. The normalized spacial score (nSPS) is 10.1. The minimum absolute atomic E-state index is 0.112. The van der Waals surface area contributed by atoms with Crippen molar-refractivity contribution in [2.75, 3.05) is 17.7 Å². The van der Waals surface area contributed by atoms with Gasteiger partial charge in [0.25, 0.3) is 0 Å². The fourth-order valence-electron chi connectivity index (χ4n) is 1.84. The van der Waals surface area contributed by atoms with Gasteiger partial charge in [0.2, 0.25) is 0 Å². The van der Waals surface area contributed by atoms with Gasteiger partial charge in [-0.2, -0.15) is 0 Å². The van der Waals surface area contributed by atoms with Crippen LogP contribution in [0.3, 0.4) is 0 Å². The molecule has 0 unspecified atom stereocenters. The van der Waals surface area contributed by atoms with E-state index in [1.165, 1.54) is 11.8 Å². The zero-order chi connectivity index (χ0) is 16.7. The van der Waals surface area contributed by atoms with E-state index in [0.29, 0.717) is 22.8 Å². The van der Waals surface area contributed by atoms with E-state index >= 15 is 0 Å². The van der Waals surface area contributed by atoms with Crippen LogP contribution in [0.1, 0.15) is 10.4 Å². The van der Waals surface area contributed by atoms with Crippen LogP contribution in [0.25, 0.3) is 0 Å². The summed E-state index contributed by atoms with van der Waals surface area (Å²) in [6.45, 7) is 0.112. The number of hydrogen-bond donors (Lipinski definition) is 4. The van der Waals surface area contributed by atoms with Gasteiger partial charge in [0.15, 0.2) is 5.96 Å². The van der Waals surface area contributed by atoms with Crippen LogP contribution >= 0.6 is 11.8 Å². The number of thioether (sulfide) groups is 1. The highest BCUT2D eigenvalue weighted by atomic mass is 32.2. The molecule has 0 saturated heterocycles. The monoisotopic (exact) mass is 331 g/mol. The molecule has 2 rings (SSSR count). The molecule has 0 aliphatic carbocycles. The van der Waals surface area contributed by atoms with Crippen LogP contribution in [0, 0.1) is 5.41 Å². The molecule has 2 aromatic carbocycles. The van der Waals surface area contributed by atoms with E-state index in [2.05, 4.69) is 5.32 Å². The van der Waals surface area contributed by atoms with Crippen molar-refractivity contribution in [2.24, 2.45) is 5.73 Å². The molecule has 0 aliphatic heterocycles. The maximum absolute atomic E-state index is 12.3. The first-order valence-corrected chi connectivity index (χ1v) is 7.84.